The molecule has 1 unspecified atom stereocenters. The summed E-state index contributed by atoms with van der Waals surface area (Å²) in [5.41, 5.74) is 1.81. The van der Waals surface area contributed by atoms with Crippen molar-refractivity contribution < 1.29 is 14.7 Å². The Labute approximate surface area is 112 Å². The molecule has 19 heavy (non-hydrogen) atoms. The van der Waals surface area contributed by atoms with Crippen LogP contribution in [0.5, 0.6) is 0 Å². The average molecular weight is 262 g/mol. The van der Waals surface area contributed by atoms with Gasteiger partial charge in [0.1, 0.15) is 0 Å². The third-order valence-corrected chi connectivity index (χ3v) is 3.38. The van der Waals surface area contributed by atoms with Crippen LogP contribution in [-0.2, 0) is 16.0 Å². The molecule has 1 saturated heterocycles. The van der Waals surface area contributed by atoms with Crippen molar-refractivity contribution in [2.24, 2.45) is 0 Å². The zero-order chi connectivity index (χ0) is 13.8. The Hall–Kier alpha value is -1.88. The number of benzene rings is 1. The second-order valence-electron chi connectivity index (χ2n) is 4.60. The molecule has 1 aromatic rings. The molecule has 1 atom stereocenters. The molecule has 5 nitrogen and oxygen atoms in total. The van der Waals surface area contributed by atoms with Crippen LogP contribution in [0.3, 0.4) is 0 Å². The van der Waals surface area contributed by atoms with E-state index in [-0.39, 0.29) is 12.5 Å². The van der Waals surface area contributed by atoms with E-state index >= 15 is 0 Å². The van der Waals surface area contributed by atoms with Crippen LogP contribution < -0.4 is 5.32 Å². The van der Waals surface area contributed by atoms with E-state index < -0.39 is 12.0 Å². The molecule has 0 spiro atoms. The summed E-state index contributed by atoms with van der Waals surface area (Å²) in [5, 5.41) is 12.4. The van der Waals surface area contributed by atoms with Gasteiger partial charge in [0.05, 0.1) is 6.54 Å². The zero-order valence-electron chi connectivity index (χ0n) is 10.9. The Bertz CT molecular complexity index is 470. The topological polar surface area (TPSA) is 69.6 Å². The molecule has 2 rings (SSSR count). The number of amides is 1. The largest absolute Gasteiger partial charge is 0.479 e. The number of carbonyl (C=O) groups excluding carboxylic acids is 1. The number of aliphatic carboxylic acids is 1. The van der Waals surface area contributed by atoms with Gasteiger partial charge in [-0.3, -0.25) is 4.79 Å². The summed E-state index contributed by atoms with van der Waals surface area (Å²) in [6, 6.07) is 6.54. The van der Waals surface area contributed by atoms with E-state index in [0.29, 0.717) is 18.7 Å². The van der Waals surface area contributed by atoms with Crippen LogP contribution in [0, 0.1) is 0 Å². The first kappa shape index (κ1) is 13.5. The summed E-state index contributed by atoms with van der Waals surface area (Å²) < 4.78 is 0. The van der Waals surface area contributed by atoms with Crippen LogP contribution in [0.1, 0.15) is 24.1 Å². The van der Waals surface area contributed by atoms with Crippen LogP contribution in [0.4, 0.5) is 0 Å². The summed E-state index contributed by atoms with van der Waals surface area (Å²) >= 11 is 0. The average Bonchev–Trinajstić information content (AvgIpc) is 2.42. The second-order valence-corrected chi connectivity index (χ2v) is 4.60. The van der Waals surface area contributed by atoms with Gasteiger partial charge in [0, 0.05) is 13.1 Å². The monoisotopic (exact) mass is 262 g/mol. The highest BCUT2D eigenvalue weighted by atomic mass is 16.4. The number of piperazine rings is 1. The van der Waals surface area contributed by atoms with Gasteiger partial charge in [-0.2, -0.15) is 0 Å². The van der Waals surface area contributed by atoms with E-state index in [0.717, 1.165) is 12.0 Å². The first-order chi connectivity index (χ1) is 9.13. The van der Waals surface area contributed by atoms with Crippen molar-refractivity contribution in [2.45, 2.75) is 19.4 Å². The molecule has 1 aliphatic rings. The van der Waals surface area contributed by atoms with Gasteiger partial charge in [-0.15, -0.1) is 0 Å². The molecular weight excluding hydrogens is 244 g/mol. The first-order valence-electron chi connectivity index (χ1n) is 6.45. The van der Waals surface area contributed by atoms with Crippen molar-refractivity contribution in [3.05, 3.63) is 35.4 Å². The molecule has 5 heteroatoms. The van der Waals surface area contributed by atoms with Crippen molar-refractivity contribution in [1.82, 2.24) is 10.2 Å². The minimum Gasteiger partial charge on any atom is -0.479 e. The number of rotatable bonds is 4. The van der Waals surface area contributed by atoms with Crippen LogP contribution in [0.15, 0.2) is 24.3 Å². The van der Waals surface area contributed by atoms with E-state index in [9.17, 15) is 14.7 Å². The van der Waals surface area contributed by atoms with E-state index in [4.69, 9.17) is 0 Å². The van der Waals surface area contributed by atoms with E-state index in [1.807, 2.05) is 19.1 Å². The van der Waals surface area contributed by atoms with Gasteiger partial charge in [-0.25, -0.2) is 4.79 Å². The van der Waals surface area contributed by atoms with Crippen molar-refractivity contribution >= 4 is 11.9 Å². The maximum absolute atomic E-state index is 11.8. The highest BCUT2D eigenvalue weighted by Gasteiger charge is 2.32. The number of aryl methyl sites for hydroxylation is 1. The minimum atomic E-state index is -0.987. The zero-order valence-corrected chi connectivity index (χ0v) is 10.9. The van der Waals surface area contributed by atoms with E-state index in [1.165, 1.54) is 4.90 Å². The number of hydrogen-bond donors (Lipinski definition) is 2. The predicted molar refractivity (Wildman–Crippen MR) is 70.8 cm³/mol. The lowest BCUT2D eigenvalue weighted by Gasteiger charge is -2.32. The summed E-state index contributed by atoms with van der Waals surface area (Å²) in [7, 11) is 0. The molecule has 0 saturated carbocycles. The first-order valence-corrected chi connectivity index (χ1v) is 6.45. The van der Waals surface area contributed by atoms with Crippen LogP contribution in [0.25, 0.3) is 0 Å². The van der Waals surface area contributed by atoms with E-state index in [2.05, 4.69) is 5.32 Å². The van der Waals surface area contributed by atoms with E-state index in [1.54, 1.807) is 12.1 Å². The molecule has 1 aromatic carbocycles. The number of carboxylic acids is 1. The quantitative estimate of drug-likeness (QED) is 0.842. The van der Waals surface area contributed by atoms with Gasteiger partial charge in [-0.05, 0) is 17.5 Å². The highest BCUT2D eigenvalue weighted by Crippen LogP contribution is 2.22. The Kier molecular flexibility index (Phi) is 4.16. The molecule has 102 valence electrons. The fourth-order valence-corrected chi connectivity index (χ4v) is 2.29. The molecule has 1 fully saturated rings. The van der Waals surface area contributed by atoms with Gasteiger partial charge in [0.25, 0.3) is 0 Å². The van der Waals surface area contributed by atoms with Crippen LogP contribution in [0.2, 0.25) is 0 Å². The van der Waals surface area contributed by atoms with Crippen molar-refractivity contribution in [1.29, 1.82) is 0 Å². The lowest BCUT2D eigenvalue weighted by Crippen LogP contribution is -2.51. The SMILES string of the molecule is CCc1ccc(C(C(=O)O)N2CCNCC2=O)cc1. The Balaban J connectivity index is 2.28. The number of carboxylic acid groups (broad SMARTS) is 1. The highest BCUT2D eigenvalue weighted by molar-refractivity contribution is 5.86. The minimum absolute atomic E-state index is 0.168. The lowest BCUT2D eigenvalue weighted by molar-refractivity contribution is -0.151. The second kappa shape index (κ2) is 5.84. The Morgan fingerprint density at radius 2 is 2.11 bits per heavy atom. The molecule has 2 N–H and O–H groups in total. The third-order valence-electron chi connectivity index (χ3n) is 3.38. The van der Waals surface area contributed by atoms with Crippen molar-refractivity contribution in [3.63, 3.8) is 0 Å². The smallest absolute Gasteiger partial charge is 0.331 e. The van der Waals surface area contributed by atoms with Gasteiger partial charge >= 0.3 is 5.97 Å². The molecule has 0 aliphatic carbocycles. The molecule has 1 amide bonds. The fourth-order valence-electron chi connectivity index (χ4n) is 2.29. The van der Waals surface area contributed by atoms with Gasteiger partial charge < -0.3 is 15.3 Å². The Morgan fingerprint density at radius 1 is 1.42 bits per heavy atom. The van der Waals surface area contributed by atoms with Crippen molar-refractivity contribution in [3.8, 4) is 0 Å². The standard InChI is InChI=1S/C14H18N2O3/c1-2-10-3-5-11(6-4-10)13(14(18)19)16-8-7-15-9-12(16)17/h3-6,13,15H,2,7-9H2,1H3,(H,18,19). The van der Waals surface area contributed by atoms with Crippen LogP contribution >= 0.6 is 0 Å². The molecule has 1 aliphatic heterocycles. The summed E-state index contributed by atoms with van der Waals surface area (Å²) in [6.07, 6.45) is 0.907. The molecule has 0 aromatic heterocycles. The van der Waals surface area contributed by atoms with Gasteiger partial charge in [0.2, 0.25) is 5.91 Å². The number of nitrogens with zero attached hydrogens (tertiary/aromatic N) is 1. The number of carbonyl (C=O) groups is 2. The summed E-state index contributed by atoms with van der Waals surface area (Å²) in [6.45, 7) is 3.30. The third kappa shape index (κ3) is 2.93. The number of hydrogen-bond acceptors (Lipinski definition) is 3. The fraction of sp³-hybridized carbons (Fsp3) is 0.429. The molecule has 0 bridgehead atoms. The Morgan fingerprint density at radius 3 is 2.63 bits per heavy atom. The van der Waals surface area contributed by atoms with Crippen LogP contribution in [-0.4, -0.2) is 41.5 Å². The molecule has 1 heterocycles. The summed E-state index contributed by atoms with van der Waals surface area (Å²) in [4.78, 5) is 24.8. The van der Waals surface area contributed by atoms with Crippen molar-refractivity contribution in [2.75, 3.05) is 19.6 Å². The molecular formula is C14H18N2O3. The lowest BCUT2D eigenvalue weighted by atomic mass is 10.0. The summed E-state index contributed by atoms with van der Waals surface area (Å²) in [5.74, 6) is -1.15. The maximum Gasteiger partial charge on any atom is 0.331 e. The normalized spacial score (nSPS) is 17.3. The van der Waals surface area contributed by atoms with Gasteiger partial charge in [-0.1, -0.05) is 31.2 Å². The maximum atomic E-state index is 11.8. The van der Waals surface area contributed by atoms with Gasteiger partial charge in [0.15, 0.2) is 6.04 Å². The predicted octanol–water partition coefficient (Wildman–Crippen LogP) is 0.806. The number of nitrogens with one attached hydrogen (secondary N) is 1. The molecule has 0 radical (unpaired) electrons.